The number of para-hydroxylation sites is 2. The fourth-order valence-corrected chi connectivity index (χ4v) is 1.62. The molecular weight excluding hydrogens is 230 g/mol. The summed E-state index contributed by atoms with van der Waals surface area (Å²) in [7, 11) is 0. The lowest BCUT2D eigenvalue weighted by Crippen LogP contribution is -2.05. The highest BCUT2D eigenvalue weighted by Crippen LogP contribution is 2.15. The average molecular weight is 243 g/mol. The number of fused-ring (bicyclic) bond motifs is 1. The van der Waals surface area contributed by atoms with Gasteiger partial charge in [-0.15, -0.1) is 0 Å². The Morgan fingerprint density at radius 1 is 1.33 bits per heavy atom. The number of aromatic nitrogens is 2. The van der Waals surface area contributed by atoms with E-state index in [1.54, 1.807) is 20.0 Å². The molecule has 92 valence electrons. The SMILES string of the molecule is CC(C)/C(=C/c1cnc2ccccc2n1)[N+](=O)[O-]. The van der Waals surface area contributed by atoms with Crippen molar-refractivity contribution in [3.8, 4) is 0 Å². The number of hydrogen-bond donors (Lipinski definition) is 0. The zero-order chi connectivity index (χ0) is 13.1. The first-order valence-corrected chi connectivity index (χ1v) is 5.65. The number of allylic oxidation sites excluding steroid dienone is 1. The van der Waals surface area contributed by atoms with Crippen LogP contribution in [0.3, 0.4) is 0 Å². The predicted molar refractivity (Wildman–Crippen MR) is 69.3 cm³/mol. The molecule has 0 radical (unpaired) electrons. The Morgan fingerprint density at radius 3 is 2.61 bits per heavy atom. The van der Waals surface area contributed by atoms with Gasteiger partial charge in [-0.2, -0.15) is 0 Å². The van der Waals surface area contributed by atoms with Crippen LogP contribution in [0.1, 0.15) is 19.5 Å². The summed E-state index contributed by atoms with van der Waals surface area (Å²) in [5, 5.41) is 10.9. The van der Waals surface area contributed by atoms with Gasteiger partial charge in [0.15, 0.2) is 0 Å². The lowest BCUT2D eigenvalue weighted by atomic mass is 10.1. The summed E-state index contributed by atoms with van der Waals surface area (Å²) >= 11 is 0. The third-order valence-electron chi connectivity index (χ3n) is 2.57. The first-order chi connectivity index (χ1) is 8.58. The van der Waals surface area contributed by atoms with E-state index in [1.165, 1.54) is 6.08 Å². The van der Waals surface area contributed by atoms with E-state index in [1.807, 2.05) is 24.3 Å². The normalized spacial score (nSPS) is 12.1. The molecule has 0 unspecified atom stereocenters. The Labute approximate surface area is 104 Å². The predicted octanol–water partition coefficient (Wildman–Crippen LogP) is 2.90. The maximum atomic E-state index is 10.9. The third-order valence-corrected chi connectivity index (χ3v) is 2.57. The van der Waals surface area contributed by atoms with Crippen molar-refractivity contribution in [1.82, 2.24) is 9.97 Å². The fraction of sp³-hybridized carbons (Fsp3) is 0.231. The van der Waals surface area contributed by atoms with Crippen LogP contribution in [0, 0.1) is 16.0 Å². The Hall–Kier alpha value is -2.30. The van der Waals surface area contributed by atoms with Crippen LogP contribution in [0.15, 0.2) is 36.2 Å². The molecule has 0 saturated heterocycles. The summed E-state index contributed by atoms with van der Waals surface area (Å²) in [5.74, 6) is -0.159. The molecule has 0 N–H and O–H groups in total. The van der Waals surface area contributed by atoms with Gasteiger partial charge in [-0.3, -0.25) is 15.1 Å². The van der Waals surface area contributed by atoms with Crippen molar-refractivity contribution >= 4 is 17.1 Å². The summed E-state index contributed by atoms with van der Waals surface area (Å²) in [5.41, 5.74) is 2.16. The second kappa shape index (κ2) is 4.91. The molecule has 0 fully saturated rings. The molecule has 1 heterocycles. The quantitative estimate of drug-likeness (QED) is 0.614. The largest absolute Gasteiger partial charge is 0.259 e. The van der Waals surface area contributed by atoms with Crippen LogP contribution in [0.5, 0.6) is 0 Å². The third kappa shape index (κ3) is 2.51. The minimum Gasteiger partial charge on any atom is -0.259 e. The lowest BCUT2D eigenvalue weighted by molar-refractivity contribution is -0.431. The summed E-state index contributed by atoms with van der Waals surface area (Å²) in [6.07, 6.45) is 3.03. The van der Waals surface area contributed by atoms with Gasteiger partial charge < -0.3 is 0 Å². The number of nitrogens with zero attached hydrogens (tertiary/aromatic N) is 3. The summed E-state index contributed by atoms with van der Waals surface area (Å²) < 4.78 is 0. The molecule has 2 rings (SSSR count). The van der Waals surface area contributed by atoms with Gasteiger partial charge in [0.05, 0.1) is 27.8 Å². The summed E-state index contributed by atoms with van der Waals surface area (Å²) in [6.45, 7) is 3.56. The smallest absolute Gasteiger partial charge is 0.250 e. The van der Waals surface area contributed by atoms with E-state index < -0.39 is 0 Å². The van der Waals surface area contributed by atoms with E-state index in [0.717, 1.165) is 11.0 Å². The van der Waals surface area contributed by atoms with Crippen LogP contribution in [-0.2, 0) is 0 Å². The molecular formula is C13H13N3O2. The van der Waals surface area contributed by atoms with Crippen molar-refractivity contribution in [3.63, 3.8) is 0 Å². The van der Waals surface area contributed by atoms with Gasteiger partial charge in [0, 0.05) is 12.0 Å². The number of rotatable bonds is 3. The van der Waals surface area contributed by atoms with Gasteiger partial charge in [0.2, 0.25) is 0 Å². The molecule has 0 saturated carbocycles. The Bertz CT molecular complexity index is 620. The van der Waals surface area contributed by atoms with Gasteiger partial charge in [-0.25, -0.2) is 4.98 Å². The van der Waals surface area contributed by atoms with Crippen LogP contribution in [0.25, 0.3) is 17.1 Å². The first-order valence-electron chi connectivity index (χ1n) is 5.65. The maximum Gasteiger partial charge on any atom is 0.250 e. The van der Waals surface area contributed by atoms with Crippen molar-refractivity contribution in [2.24, 2.45) is 5.92 Å². The molecule has 0 aliphatic rings. The molecule has 5 heteroatoms. The monoisotopic (exact) mass is 243 g/mol. The van der Waals surface area contributed by atoms with Gasteiger partial charge in [0.1, 0.15) is 0 Å². The minimum absolute atomic E-state index is 0.139. The van der Waals surface area contributed by atoms with Crippen LogP contribution in [0.2, 0.25) is 0 Å². The summed E-state index contributed by atoms with van der Waals surface area (Å²) in [4.78, 5) is 19.1. The van der Waals surface area contributed by atoms with Crippen LogP contribution in [0.4, 0.5) is 0 Å². The molecule has 1 aromatic heterocycles. The maximum absolute atomic E-state index is 10.9. The highest BCUT2D eigenvalue weighted by atomic mass is 16.6. The lowest BCUT2D eigenvalue weighted by Gasteiger charge is -2.02. The zero-order valence-corrected chi connectivity index (χ0v) is 10.2. The van der Waals surface area contributed by atoms with E-state index in [4.69, 9.17) is 0 Å². The first kappa shape index (κ1) is 12.2. The second-order valence-electron chi connectivity index (χ2n) is 4.26. The van der Waals surface area contributed by atoms with Crippen molar-refractivity contribution in [1.29, 1.82) is 0 Å². The molecule has 0 amide bonds. The molecule has 0 bridgehead atoms. The van der Waals surface area contributed by atoms with Crippen LogP contribution >= 0.6 is 0 Å². The molecule has 1 aromatic carbocycles. The zero-order valence-electron chi connectivity index (χ0n) is 10.2. The Morgan fingerprint density at radius 2 is 2.00 bits per heavy atom. The molecule has 5 nitrogen and oxygen atoms in total. The van der Waals surface area contributed by atoms with E-state index in [0.29, 0.717) is 5.69 Å². The van der Waals surface area contributed by atoms with Crippen molar-refractivity contribution in [3.05, 3.63) is 52.0 Å². The molecule has 18 heavy (non-hydrogen) atoms. The van der Waals surface area contributed by atoms with E-state index in [-0.39, 0.29) is 16.5 Å². The van der Waals surface area contributed by atoms with Gasteiger partial charge >= 0.3 is 0 Å². The fourth-order valence-electron chi connectivity index (χ4n) is 1.62. The summed E-state index contributed by atoms with van der Waals surface area (Å²) in [6, 6.07) is 7.43. The number of hydrogen-bond acceptors (Lipinski definition) is 4. The van der Waals surface area contributed by atoms with Gasteiger partial charge in [-0.05, 0) is 12.1 Å². The molecule has 2 aromatic rings. The van der Waals surface area contributed by atoms with E-state index >= 15 is 0 Å². The highest BCUT2D eigenvalue weighted by molar-refractivity contribution is 5.74. The minimum atomic E-state index is -0.373. The van der Waals surface area contributed by atoms with Crippen LogP contribution in [-0.4, -0.2) is 14.9 Å². The molecule has 0 aliphatic carbocycles. The standard InChI is InChI=1S/C13H13N3O2/c1-9(2)13(16(17)18)7-10-8-14-11-5-3-4-6-12(11)15-10/h3-9H,1-2H3/b13-7-. The highest BCUT2D eigenvalue weighted by Gasteiger charge is 2.16. The van der Waals surface area contributed by atoms with Crippen molar-refractivity contribution in [2.45, 2.75) is 13.8 Å². The number of benzene rings is 1. The Balaban J connectivity index is 2.48. The average Bonchev–Trinajstić information content (AvgIpc) is 2.35. The van der Waals surface area contributed by atoms with Gasteiger partial charge in [0.25, 0.3) is 5.70 Å². The topological polar surface area (TPSA) is 68.9 Å². The Kier molecular flexibility index (Phi) is 3.32. The van der Waals surface area contributed by atoms with Crippen LogP contribution < -0.4 is 0 Å². The number of nitro groups is 1. The molecule has 0 atom stereocenters. The van der Waals surface area contributed by atoms with Crippen molar-refractivity contribution in [2.75, 3.05) is 0 Å². The van der Waals surface area contributed by atoms with E-state index in [2.05, 4.69) is 9.97 Å². The van der Waals surface area contributed by atoms with E-state index in [9.17, 15) is 10.1 Å². The second-order valence-corrected chi connectivity index (χ2v) is 4.26. The van der Waals surface area contributed by atoms with Crippen molar-refractivity contribution < 1.29 is 4.92 Å². The van der Waals surface area contributed by atoms with Gasteiger partial charge in [-0.1, -0.05) is 26.0 Å². The molecule has 0 aliphatic heterocycles. The molecule has 0 spiro atoms.